The molecule has 0 aliphatic carbocycles. The van der Waals surface area contributed by atoms with Crippen molar-refractivity contribution >= 4 is 29.2 Å². The number of para-hydroxylation sites is 1. The molecule has 1 amide bonds. The first-order chi connectivity index (χ1) is 12.8. The fourth-order valence-corrected chi connectivity index (χ4v) is 2.57. The number of carbonyl (C=O) groups excluding carboxylic acids is 2. The van der Waals surface area contributed by atoms with Crippen LogP contribution in [0.4, 0.5) is 5.69 Å². The van der Waals surface area contributed by atoms with Crippen LogP contribution in [0.15, 0.2) is 42.5 Å². The number of amides is 1. The highest BCUT2D eigenvalue weighted by atomic mass is 35.5. The predicted molar refractivity (Wildman–Crippen MR) is 97.9 cm³/mol. The second kappa shape index (κ2) is 9.00. The summed E-state index contributed by atoms with van der Waals surface area (Å²) < 4.78 is 10.2. The molecule has 2 aromatic carbocycles. The molecule has 0 saturated carbocycles. The van der Waals surface area contributed by atoms with Crippen LogP contribution in [0.2, 0.25) is 5.02 Å². The van der Waals surface area contributed by atoms with E-state index in [2.05, 4.69) is 5.32 Å². The maximum absolute atomic E-state index is 12.1. The lowest BCUT2D eigenvalue weighted by molar-refractivity contribution is -0.384. The van der Waals surface area contributed by atoms with Crippen molar-refractivity contribution in [3.63, 3.8) is 0 Å². The number of hydrogen-bond donors (Lipinski definition) is 1. The van der Waals surface area contributed by atoms with Gasteiger partial charge < -0.3 is 14.8 Å². The van der Waals surface area contributed by atoms with Crippen LogP contribution in [0.5, 0.6) is 5.75 Å². The first-order valence-corrected chi connectivity index (χ1v) is 8.24. The number of esters is 1. The second-order valence-corrected chi connectivity index (χ2v) is 5.94. The molecule has 2 rings (SSSR count). The maximum Gasteiger partial charge on any atom is 0.340 e. The second-order valence-electron chi connectivity index (χ2n) is 5.53. The summed E-state index contributed by atoms with van der Waals surface area (Å²) in [6, 6.07) is 10.2. The number of non-ortho nitro benzene ring substituents is 1. The Morgan fingerprint density at radius 2 is 1.96 bits per heavy atom. The Labute approximate surface area is 160 Å². The first-order valence-electron chi connectivity index (χ1n) is 7.86. The molecule has 8 nitrogen and oxygen atoms in total. The third kappa shape index (κ3) is 5.18. The zero-order valence-electron chi connectivity index (χ0n) is 14.6. The molecule has 1 N–H and O–H groups in total. The Morgan fingerprint density at radius 3 is 2.63 bits per heavy atom. The third-order valence-electron chi connectivity index (χ3n) is 3.70. The summed E-state index contributed by atoms with van der Waals surface area (Å²) in [5.41, 5.74) is 0.276. The molecule has 0 bridgehead atoms. The zero-order valence-corrected chi connectivity index (χ0v) is 15.4. The number of nitro groups is 1. The number of methoxy groups -OCH3 is 1. The molecule has 0 aromatic heterocycles. The normalized spacial score (nSPS) is 11.4. The number of nitrogens with one attached hydrogen (secondary N) is 1. The summed E-state index contributed by atoms with van der Waals surface area (Å²) in [6.07, 6.45) is 0. The minimum Gasteiger partial charge on any atom is -0.496 e. The number of ether oxygens (including phenoxy) is 2. The lowest BCUT2D eigenvalue weighted by Crippen LogP contribution is -2.31. The van der Waals surface area contributed by atoms with Crippen LogP contribution < -0.4 is 10.1 Å². The van der Waals surface area contributed by atoms with Crippen molar-refractivity contribution in [2.45, 2.75) is 13.0 Å². The van der Waals surface area contributed by atoms with Gasteiger partial charge in [-0.1, -0.05) is 29.8 Å². The Hall–Kier alpha value is -3.13. The van der Waals surface area contributed by atoms with Crippen molar-refractivity contribution in [1.29, 1.82) is 0 Å². The largest absolute Gasteiger partial charge is 0.496 e. The van der Waals surface area contributed by atoms with E-state index < -0.39 is 23.4 Å². The summed E-state index contributed by atoms with van der Waals surface area (Å²) in [4.78, 5) is 34.3. The first kappa shape index (κ1) is 20.2. The van der Waals surface area contributed by atoms with Gasteiger partial charge in [0.2, 0.25) is 0 Å². The van der Waals surface area contributed by atoms with E-state index in [1.54, 1.807) is 25.1 Å². The summed E-state index contributed by atoms with van der Waals surface area (Å²) in [6.45, 7) is 1.20. The lowest BCUT2D eigenvalue weighted by Gasteiger charge is -2.17. The molecule has 0 aliphatic heterocycles. The minimum absolute atomic E-state index is 0.00611. The number of nitro benzene ring substituents is 1. The molecule has 1 atom stereocenters. The molecule has 0 aliphatic rings. The maximum atomic E-state index is 12.1. The van der Waals surface area contributed by atoms with Crippen LogP contribution in [0.3, 0.4) is 0 Å². The smallest absolute Gasteiger partial charge is 0.340 e. The fourth-order valence-electron chi connectivity index (χ4n) is 2.38. The van der Waals surface area contributed by atoms with Gasteiger partial charge in [0.25, 0.3) is 11.6 Å². The Kier molecular flexibility index (Phi) is 6.73. The van der Waals surface area contributed by atoms with E-state index in [1.165, 1.54) is 19.2 Å². The van der Waals surface area contributed by atoms with Crippen molar-refractivity contribution in [2.75, 3.05) is 13.7 Å². The van der Waals surface area contributed by atoms with Gasteiger partial charge in [-0.3, -0.25) is 14.9 Å². The van der Waals surface area contributed by atoms with Gasteiger partial charge in [-0.25, -0.2) is 4.79 Å². The van der Waals surface area contributed by atoms with Crippen LogP contribution >= 0.6 is 11.6 Å². The van der Waals surface area contributed by atoms with Gasteiger partial charge >= 0.3 is 5.97 Å². The van der Waals surface area contributed by atoms with Crippen molar-refractivity contribution in [2.24, 2.45) is 0 Å². The van der Waals surface area contributed by atoms with E-state index in [0.29, 0.717) is 5.75 Å². The molecule has 1 unspecified atom stereocenters. The molecule has 0 saturated heterocycles. The van der Waals surface area contributed by atoms with Gasteiger partial charge in [-0.15, -0.1) is 0 Å². The van der Waals surface area contributed by atoms with Crippen molar-refractivity contribution in [3.8, 4) is 5.75 Å². The standard InChI is InChI=1S/C18H17ClN2O6/c1-11(13-5-3-4-6-16(13)26-2)20-17(22)10-27-18(23)14-9-12(21(24)25)7-8-15(14)19/h3-9,11H,10H2,1-2H3,(H,20,22). The fraction of sp³-hybridized carbons (Fsp3) is 0.222. The highest BCUT2D eigenvalue weighted by molar-refractivity contribution is 6.33. The van der Waals surface area contributed by atoms with Gasteiger partial charge in [0.1, 0.15) is 5.75 Å². The molecular formula is C18H17ClN2O6. The number of hydrogen-bond acceptors (Lipinski definition) is 6. The quantitative estimate of drug-likeness (QED) is 0.440. The molecule has 0 radical (unpaired) electrons. The number of rotatable bonds is 7. The topological polar surface area (TPSA) is 108 Å². The Morgan fingerprint density at radius 1 is 1.26 bits per heavy atom. The number of carbonyl (C=O) groups is 2. The average Bonchev–Trinajstić information content (AvgIpc) is 2.66. The summed E-state index contributed by atoms with van der Waals surface area (Å²) in [5.74, 6) is -0.849. The molecule has 0 fully saturated rings. The van der Waals surface area contributed by atoms with E-state index in [0.717, 1.165) is 11.6 Å². The number of halogens is 1. The van der Waals surface area contributed by atoms with E-state index in [-0.39, 0.29) is 22.3 Å². The predicted octanol–water partition coefficient (Wildman–Crippen LogP) is 3.29. The van der Waals surface area contributed by atoms with Gasteiger partial charge in [0, 0.05) is 17.7 Å². The molecule has 9 heteroatoms. The SMILES string of the molecule is COc1ccccc1C(C)NC(=O)COC(=O)c1cc([N+](=O)[O-])ccc1Cl. The van der Waals surface area contributed by atoms with Gasteiger partial charge in [-0.05, 0) is 19.1 Å². The minimum atomic E-state index is -0.927. The van der Waals surface area contributed by atoms with E-state index in [4.69, 9.17) is 21.1 Å². The summed E-state index contributed by atoms with van der Waals surface area (Å²) >= 11 is 5.87. The molecule has 0 spiro atoms. The van der Waals surface area contributed by atoms with Crippen LogP contribution in [-0.4, -0.2) is 30.5 Å². The van der Waals surface area contributed by atoms with Gasteiger partial charge in [0.15, 0.2) is 6.61 Å². The summed E-state index contributed by atoms with van der Waals surface area (Å²) in [5, 5.41) is 13.5. The van der Waals surface area contributed by atoms with E-state index >= 15 is 0 Å². The molecule has 142 valence electrons. The highest BCUT2D eigenvalue weighted by Gasteiger charge is 2.19. The van der Waals surface area contributed by atoms with Crippen molar-refractivity contribution in [3.05, 3.63) is 68.7 Å². The van der Waals surface area contributed by atoms with E-state index in [1.807, 2.05) is 6.07 Å². The molecular weight excluding hydrogens is 376 g/mol. The van der Waals surface area contributed by atoms with Crippen LogP contribution in [-0.2, 0) is 9.53 Å². The van der Waals surface area contributed by atoms with E-state index in [9.17, 15) is 19.7 Å². The van der Waals surface area contributed by atoms with Crippen LogP contribution in [0.1, 0.15) is 28.9 Å². The van der Waals surface area contributed by atoms with Crippen molar-refractivity contribution < 1.29 is 24.0 Å². The lowest BCUT2D eigenvalue weighted by atomic mass is 10.1. The van der Waals surface area contributed by atoms with Crippen LogP contribution in [0.25, 0.3) is 0 Å². The molecule has 2 aromatic rings. The summed E-state index contributed by atoms with van der Waals surface area (Å²) in [7, 11) is 1.53. The van der Waals surface area contributed by atoms with Gasteiger partial charge in [-0.2, -0.15) is 0 Å². The van der Waals surface area contributed by atoms with Crippen molar-refractivity contribution in [1.82, 2.24) is 5.32 Å². The van der Waals surface area contributed by atoms with Gasteiger partial charge in [0.05, 0.1) is 28.7 Å². The highest BCUT2D eigenvalue weighted by Crippen LogP contribution is 2.24. The monoisotopic (exact) mass is 392 g/mol. The third-order valence-corrected chi connectivity index (χ3v) is 4.03. The number of nitrogens with zero attached hydrogens (tertiary/aromatic N) is 1. The zero-order chi connectivity index (χ0) is 20.0. The Balaban J connectivity index is 1.98. The number of benzene rings is 2. The molecule has 27 heavy (non-hydrogen) atoms. The molecule has 0 heterocycles. The van der Waals surface area contributed by atoms with Crippen LogP contribution in [0, 0.1) is 10.1 Å². The Bertz CT molecular complexity index is 871. The average molecular weight is 393 g/mol.